The highest BCUT2D eigenvalue weighted by Crippen LogP contribution is 2.12. The Morgan fingerprint density at radius 3 is 2.38 bits per heavy atom. The van der Waals surface area contributed by atoms with Gasteiger partial charge >= 0.3 is 0 Å². The molecule has 80 valence electrons. The van der Waals surface area contributed by atoms with Crippen molar-refractivity contribution in [2.45, 2.75) is 39.5 Å². The van der Waals surface area contributed by atoms with E-state index in [2.05, 4.69) is 33.5 Å². The number of nitrogens with two attached hydrogens (primary N) is 1. The Morgan fingerprint density at radius 2 is 1.92 bits per heavy atom. The van der Waals surface area contributed by atoms with E-state index in [0.29, 0.717) is 4.59 Å². The van der Waals surface area contributed by atoms with Gasteiger partial charge in [0.15, 0.2) is 0 Å². The number of hydrazine groups is 1. The molecule has 0 spiro atoms. The molecule has 0 radical (unpaired) electrons. The van der Waals surface area contributed by atoms with Gasteiger partial charge in [-0.2, -0.15) is 0 Å². The highest BCUT2D eigenvalue weighted by Gasteiger charge is 2.12. The Morgan fingerprint density at radius 1 is 1.31 bits per heavy atom. The molecule has 0 fully saturated rings. The van der Waals surface area contributed by atoms with Gasteiger partial charge in [-0.1, -0.05) is 26.7 Å². The lowest BCUT2D eigenvalue weighted by molar-refractivity contribution is -0.935. The molecule has 13 heavy (non-hydrogen) atoms. The standard InChI is InChI=1S/C10H26N3/c1-5-7-10(2)8-6-9-13(3,4)12-11/h10,12H,5-9,11H2,1-4H3/q+1/i13+1. The van der Waals surface area contributed by atoms with E-state index in [0.717, 1.165) is 12.5 Å². The van der Waals surface area contributed by atoms with Crippen molar-refractivity contribution in [3.8, 4) is 0 Å². The predicted octanol–water partition coefficient (Wildman–Crippen LogP) is 1.66. The van der Waals surface area contributed by atoms with Gasteiger partial charge in [-0.05, 0) is 18.8 Å². The Kier molecular flexibility index (Phi) is 6.29. The SMILES string of the molecule is CCCC(C)CCC[15N+](C)(C)NN. The smallest absolute Gasteiger partial charge is 0.0969 e. The van der Waals surface area contributed by atoms with E-state index in [1.807, 2.05) is 0 Å². The molecule has 0 aliphatic heterocycles. The Bertz CT molecular complexity index is 123. The Balaban J connectivity index is 3.44. The number of hydrogen-bond acceptors (Lipinski definition) is 2. The van der Waals surface area contributed by atoms with Crippen molar-refractivity contribution in [1.82, 2.24) is 5.53 Å². The maximum Gasteiger partial charge on any atom is 0.0969 e. The minimum Gasteiger partial charge on any atom is -0.237 e. The molecular weight excluding hydrogens is 163 g/mol. The van der Waals surface area contributed by atoms with Crippen LogP contribution in [0.4, 0.5) is 0 Å². The van der Waals surface area contributed by atoms with E-state index >= 15 is 0 Å². The van der Waals surface area contributed by atoms with E-state index in [9.17, 15) is 0 Å². The second-order valence-corrected chi connectivity index (χ2v) is 4.57. The average Bonchev–Trinajstić information content (AvgIpc) is 2.05. The Labute approximate surface area is 82.8 Å². The highest BCUT2D eigenvalue weighted by molar-refractivity contribution is 4.51. The number of nitrogens with one attached hydrogen (secondary N) is 1. The lowest BCUT2D eigenvalue weighted by atomic mass is 10.0. The van der Waals surface area contributed by atoms with Crippen molar-refractivity contribution < 1.29 is 4.59 Å². The first-order valence-electron chi connectivity index (χ1n) is 5.32. The zero-order valence-corrected chi connectivity index (χ0v) is 9.64. The number of hydrogen-bond donors (Lipinski definition) is 2. The molecule has 3 N–H and O–H groups in total. The van der Waals surface area contributed by atoms with Crippen LogP contribution in [0.25, 0.3) is 0 Å². The minimum atomic E-state index is 0.707. The molecule has 0 bridgehead atoms. The summed E-state index contributed by atoms with van der Waals surface area (Å²) in [5.74, 6) is 6.27. The third-order valence-electron chi connectivity index (χ3n) is 2.55. The van der Waals surface area contributed by atoms with Crippen molar-refractivity contribution in [2.24, 2.45) is 11.8 Å². The van der Waals surface area contributed by atoms with Crippen LogP contribution in [0, 0.1) is 5.92 Å². The summed E-state index contributed by atoms with van der Waals surface area (Å²) in [6.45, 7) is 5.68. The molecule has 0 aromatic rings. The summed E-state index contributed by atoms with van der Waals surface area (Å²) in [5.41, 5.74) is 2.78. The molecule has 0 amide bonds. The van der Waals surface area contributed by atoms with Crippen LogP contribution in [0.5, 0.6) is 0 Å². The normalized spacial score (nSPS) is 14.5. The molecule has 3 nitrogen and oxygen atoms in total. The maximum atomic E-state index is 5.40. The molecule has 0 heterocycles. The second kappa shape index (κ2) is 6.35. The predicted molar refractivity (Wildman–Crippen MR) is 57.6 cm³/mol. The van der Waals surface area contributed by atoms with Gasteiger partial charge in [-0.15, -0.1) is 5.53 Å². The fourth-order valence-electron chi connectivity index (χ4n) is 1.54. The summed E-state index contributed by atoms with van der Waals surface area (Å²) < 4.78 is 0.707. The molecule has 0 aliphatic rings. The van der Waals surface area contributed by atoms with E-state index in [-0.39, 0.29) is 0 Å². The fraction of sp³-hybridized carbons (Fsp3) is 1.00. The lowest BCUT2D eigenvalue weighted by Gasteiger charge is -2.27. The van der Waals surface area contributed by atoms with E-state index in [4.69, 9.17) is 5.84 Å². The summed E-state index contributed by atoms with van der Waals surface area (Å²) in [6, 6.07) is 0. The average molecular weight is 189 g/mol. The van der Waals surface area contributed by atoms with Crippen LogP contribution in [0.15, 0.2) is 0 Å². The van der Waals surface area contributed by atoms with Gasteiger partial charge in [0.05, 0.1) is 20.6 Å². The van der Waals surface area contributed by atoms with Crippen molar-refractivity contribution in [1.29, 1.82) is 0 Å². The van der Waals surface area contributed by atoms with E-state index in [1.54, 1.807) is 0 Å². The first-order chi connectivity index (χ1) is 6.02. The maximum absolute atomic E-state index is 5.40. The zero-order valence-electron chi connectivity index (χ0n) is 9.64. The van der Waals surface area contributed by atoms with E-state index in [1.165, 1.54) is 25.7 Å². The molecular formula is C10H26N3+. The van der Waals surface area contributed by atoms with Gasteiger partial charge in [0.2, 0.25) is 0 Å². The van der Waals surface area contributed by atoms with Gasteiger partial charge in [-0.3, -0.25) is 0 Å². The van der Waals surface area contributed by atoms with Crippen molar-refractivity contribution >= 4 is 0 Å². The quantitative estimate of drug-likeness (QED) is 0.277. The fourth-order valence-corrected chi connectivity index (χ4v) is 1.54. The van der Waals surface area contributed by atoms with Crippen LogP contribution in [-0.4, -0.2) is 25.2 Å². The largest absolute Gasteiger partial charge is 0.237 e. The van der Waals surface area contributed by atoms with Gasteiger partial charge in [0.1, 0.15) is 0 Å². The van der Waals surface area contributed by atoms with Crippen LogP contribution in [0.1, 0.15) is 39.5 Å². The van der Waals surface area contributed by atoms with Gasteiger partial charge < -0.3 is 0 Å². The number of rotatable bonds is 7. The minimum absolute atomic E-state index is 0.707. The van der Waals surface area contributed by atoms with Crippen molar-refractivity contribution in [2.75, 3.05) is 20.6 Å². The highest BCUT2D eigenvalue weighted by atomic mass is 16.3. The third-order valence-corrected chi connectivity index (χ3v) is 2.55. The van der Waals surface area contributed by atoms with Crippen molar-refractivity contribution in [3.05, 3.63) is 0 Å². The van der Waals surface area contributed by atoms with Crippen LogP contribution in [0.2, 0.25) is 0 Å². The van der Waals surface area contributed by atoms with Crippen molar-refractivity contribution in [3.63, 3.8) is 0 Å². The first-order valence-corrected chi connectivity index (χ1v) is 5.32. The van der Waals surface area contributed by atoms with Crippen LogP contribution < -0.4 is 11.4 Å². The zero-order chi connectivity index (χ0) is 10.3. The molecule has 1 atom stereocenters. The summed E-state index contributed by atoms with van der Waals surface area (Å²) in [6.07, 6.45) is 5.22. The monoisotopic (exact) mass is 189 g/mol. The molecule has 1 unspecified atom stereocenters. The summed E-state index contributed by atoms with van der Waals surface area (Å²) in [4.78, 5) is 0. The molecule has 0 rings (SSSR count). The second-order valence-electron chi connectivity index (χ2n) is 4.57. The first kappa shape index (κ1) is 12.9. The summed E-state index contributed by atoms with van der Waals surface area (Å²) in [5, 5.41) is 0. The molecule has 0 aliphatic carbocycles. The number of nitrogens with zero attached hydrogens (tertiary/aromatic N) is 1. The summed E-state index contributed by atoms with van der Waals surface area (Å²) in [7, 11) is 4.18. The third kappa shape index (κ3) is 6.99. The van der Waals surface area contributed by atoms with Crippen LogP contribution in [0.3, 0.4) is 0 Å². The lowest BCUT2D eigenvalue weighted by Crippen LogP contribution is -2.55. The van der Waals surface area contributed by atoms with Crippen LogP contribution >= 0.6 is 0 Å². The Hall–Kier alpha value is -0.120. The topological polar surface area (TPSA) is 38.0 Å². The van der Waals surface area contributed by atoms with Gasteiger partial charge in [0, 0.05) is 0 Å². The number of quaternary nitrogens is 1. The molecule has 0 aromatic carbocycles. The molecule has 3 heteroatoms. The molecule has 0 aromatic heterocycles. The summed E-state index contributed by atoms with van der Waals surface area (Å²) >= 11 is 0. The molecule has 0 saturated heterocycles. The van der Waals surface area contributed by atoms with Crippen LogP contribution in [-0.2, 0) is 0 Å². The van der Waals surface area contributed by atoms with E-state index < -0.39 is 0 Å². The molecule has 0 saturated carbocycles. The van der Waals surface area contributed by atoms with Gasteiger partial charge in [0.25, 0.3) is 0 Å². The van der Waals surface area contributed by atoms with Gasteiger partial charge in [-0.25, -0.2) is 10.4 Å².